The first-order valence-corrected chi connectivity index (χ1v) is 16.0. The number of carboxylic acid groups (broad SMARTS) is 2. The Morgan fingerprint density at radius 3 is 2.16 bits per heavy atom. The molecule has 3 saturated heterocycles. The number of carbonyl (C=O) groups is 2. The van der Waals surface area contributed by atoms with E-state index >= 15 is 0 Å². The molecule has 0 unspecified atom stereocenters. The highest BCUT2D eigenvalue weighted by Gasteiger charge is 2.39. The van der Waals surface area contributed by atoms with Gasteiger partial charge in [0, 0.05) is 60.3 Å². The van der Waals surface area contributed by atoms with Crippen LogP contribution >= 0.6 is 0 Å². The predicted octanol–water partition coefficient (Wildman–Crippen LogP) is 4.27. The van der Waals surface area contributed by atoms with Crippen LogP contribution in [-0.2, 0) is 22.6 Å². The Morgan fingerprint density at radius 1 is 0.920 bits per heavy atom. The van der Waals surface area contributed by atoms with Crippen molar-refractivity contribution < 1.29 is 50.9 Å². The van der Waals surface area contributed by atoms with Gasteiger partial charge in [0.15, 0.2) is 0 Å². The van der Waals surface area contributed by atoms with Crippen molar-refractivity contribution >= 4 is 34.2 Å². The Morgan fingerprint density at radius 2 is 1.56 bits per heavy atom. The van der Waals surface area contributed by atoms with Crippen LogP contribution in [0, 0.1) is 0 Å². The fraction of sp³-hybridized carbons (Fsp3) is 0.531. The number of hydrogen-bond donors (Lipinski definition) is 3. The zero-order valence-electron chi connectivity index (χ0n) is 27.0. The van der Waals surface area contributed by atoms with Gasteiger partial charge < -0.3 is 35.0 Å². The quantitative estimate of drug-likeness (QED) is 0.325. The lowest BCUT2D eigenvalue weighted by atomic mass is 10.0. The number of ether oxygens (including phenoxy) is 1. The van der Waals surface area contributed by atoms with Gasteiger partial charge >= 0.3 is 30.3 Å². The Kier molecular flexibility index (Phi) is 11.2. The third kappa shape index (κ3) is 9.01. The number of anilines is 2. The average molecular weight is 714 g/mol. The van der Waals surface area contributed by atoms with Crippen molar-refractivity contribution in [2.24, 2.45) is 0 Å². The van der Waals surface area contributed by atoms with Crippen LogP contribution in [0.15, 0.2) is 36.7 Å². The Balaban J connectivity index is 0.000000295. The maximum atomic E-state index is 10.6. The number of likely N-dealkylation sites (N-methyl/N-ethyl adjacent to an activating group) is 1. The molecule has 1 aromatic carbocycles. The first kappa shape index (κ1) is 36.8. The van der Waals surface area contributed by atoms with Crippen molar-refractivity contribution in [2.75, 3.05) is 49.6 Å². The monoisotopic (exact) mass is 713 g/mol. The van der Waals surface area contributed by atoms with E-state index in [0.29, 0.717) is 30.7 Å². The summed E-state index contributed by atoms with van der Waals surface area (Å²) < 4.78 is 69.8. The van der Waals surface area contributed by atoms with E-state index in [9.17, 15) is 26.3 Å². The molecule has 0 spiro atoms. The van der Waals surface area contributed by atoms with E-state index in [0.717, 1.165) is 50.7 Å². The number of aliphatic carboxylic acids is 2. The summed E-state index contributed by atoms with van der Waals surface area (Å²) in [4.78, 5) is 39.7. The minimum atomic E-state index is -5.08. The molecular formula is C32H37F6N7O5. The molecule has 18 heteroatoms. The van der Waals surface area contributed by atoms with E-state index in [2.05, 4.69) is 56.3 Å². The minimum absolute atomic E-state index is 0.446. The molecule has 4 aliphatic heterocycles. The highest BCUT2D eigenvalue weighted by Crippen LogP contribution is 2.35. The van der Waals surface area contributed by atoms with Gasteiger partial charge in [-0.05, 0) is 45.7 Å². The van der Waals surface area contributed by atoms with Crippen molar-refractivity contribution in [3.63, 3.8) is 0 Å². The van der Waals surface area contributed by atoms with E-state index in [-0.39, 0.29) is 0 Å². The molecular weight excluding hydrogens is 676 g/mol. The first-order chi connectivity index (χ1) is 23.6. The number of pyridine rings is 1. The van der Waals surface area contributed by atoms with Gasteiger partial charge in [-0.25, -0.2) is 9.59 Å². The molecule has 4 aliphatic rings. The smallest absolute Gasteiger partial charge is 0.475 e. The number of nitrogens with one attached hydrogen (secondary N) is 1. The van der Waals surface area contributed by atoms with Crippen LogP contribution < -0.4 is 19.9 Å². The molecule has 0 radical (unpaired) electrons. The number of alkyl halides is 6. The fourth-order valence-electron chi connectivity index (χ4n) is 6.60. The Bertz CT molecular complexity index is 1640. The standard InChI is InChI=1S/C28H35N7O.2C2HF3O2/c1-33-11-4-6-22(33)18-36-28-31-25-17-34(26-14-29-13-19-5-2-3-7-23(19)26)12-10-24(25)27(32-28)35-15-20-8-9-21(16-35)30-20;2*3-2(4,5)1(6)7/h2-3,5,7,13-14,20-22,30H,4,6,8-12,15-18H2,1H3;2*(H,6,7)/t20-,21+,22-;;/m0../s1. The van der Waals surface area contributed by atoms with Crippen LogP contribution in [0.2, 0.25) is 0 Å². The van der Waals surface area contributed by atoms with Gasteiger partial charge in [0.1, 0.15) is 12.4 Å². The van der Waals surface area contributed by atoms with Crippen molar-refractivity contribution in [1.82, 2.24) is 25.2 Å². The van der Waals surface area contributed by atoms with Crippen LogP contribution in [-0.4, -0.2) is 112 Å². The molecule has 50 heavy (non-hydrogen) atoms. The molecule has 2 aromatic heterocycles. The maximum absolute atomic E-state index is 10.6. The van der Waals surface area contributed by atoms with Crippen LogP contribution in [0.1, 0.15) is 36.9 Å². The summed E-state index contributed by atoms with van der Waals surface area (Å²) in [6, 6.07) is 10.6. The third-order valence-corrected chi connectivity index (χ3v) is 9.09. The summed E-state index contributed by atoms with van der Waals surface area (Å²) in [5, 5.41) is 20.4. The van der Waals surface area contributed by atoms with Crippen molar-refractivity contribution in [3.8, 4) is 6.01 Å². The van der Waals surface area contributed by atoms with Gasteiger partial charge in [0.25, 0.3) is 0 Å². The molecule has 3 fully saturated rings. The number of nitrogens with zero attached hydrogens (tertiary/aromatic N) is 6. The summed E-state index contributed by atoms with van der Waals surface area (Å²) in [5.41, 5.74) is 3.57. The Labute approximate surface area is 283 Å². The first-order valence-electron chi connectivity index (χ1n) is 16.0. The minimum Gasteiger partial charge on any atom is -0.475 e. The molecule has 2 bridgehead atoms. The SMILES string of the molecule is CN1CCC[C@H]1COc1nc2c(c(N3C[C@H]4CC[C@@H](C3)N4)n1)CCN(c1cncc3ccccc13)C2.O=C(O)C(F)(F)F.O=C(O)C(F)(F)F. The second kappa shape index (κ2) is 15.2. The molecule has 7 rings (SSSR count). The molecule has 6 heterocycles. The summed E-state index contributed by atoms with van der Waals surface area (Å²) in [5.74, 6) is -4.41. The number of likely N-dealkylation sites (tertiary alicyclic amines) is 1. The van der Waals surface area contributed by atoms with Gasteiger partial charge in [-0.1, -0.05) is 24.3 Å². The van der Waals surface area contributed by atoms with Crippen molar-refractivity contribution in [2.45, 2.75) is 69.1 Å². The second-order valence-corrected chi connectivity index (χ2v) is 12.5. The molecule has 12 nitrogen and oxygen atoms in total. The normalized spacial score (nSPS) is 21.9. The van der Waals surface area contributed by atoms with Crippen LogP contribution in [0.25, 0.3) is 10.8 Å². The average Bonchev–Trinajstić information content (AvgIpc) is 3.64. The summed E-state index contributed by atoms with van der Waals surface area (Å²) in [6.07, 6.45) is -0.367. The van der Waals surface area contributed by atoms with Gasteiger partial charge in [-0.3, -0.25) is 4.98 Å². The second-order valence-electron chi connectivity index (χ2n) is 12.5. The number of aromatic nitrogens is 3. The molecule has 3 aromatic rings. The number of benzene rings is 1. The van der Waals surface area contributed by atoms with E-state index in [1.54, 1.807) is 0 Å². The number of rotatable bonds is 5. The van der Waals surface area contributed by atoms with Gasteiger partial charge in [0.2, 0.25) is 0 Å². The zero-order chi connectivity index (χ0) is 36.2. The summed E-state index contributed by atoms with van der Waals surface area (Å²) >= 11 is 0. The molecule has 3 atom stereocenters. The summed E-state index contributed by atoms with van der Waals surface area (Å²) in [7, 11) is 2.19. The molecule has 0 amide bonds. The number of fused-ring (bicyclic) bond motifs is 4. The van der Waals surface area contributed by atoms with E-state index in [1.165, 1.54) is 47.7 Å². The van der Waals surface area contributed by atoms with Gasteiger partial charge in [0.05, 0.1) is 24.1 Å². The highest BCUT2D eigenvalue weighted by molar-refractivity contribution is 5.93. The number of carboxylic acids is 2. The van der Waals surface area contributed by atoms with Gasteiger partial charge in [-0.2, -0.15) is 36.3 Å². The van der Waals surface area contributed by atoms with Crippen LogP contribution in [0.5, 0.6) is 6.01 Å². The van der Waals surface area contributed by atoms with Gasteiger partial charge in [-0.15, -0.1) is 0 Å². The van der Waals surface area contributed by atoms with Crippen LogP contribution in [0.4, 0.5) is 37.8 Å². The molecule has 272 valence electrons. The fourth-order valence-corrected chi connectivity index (χ4v) is 6.60. The zero-order valence-corrected chi connectivity index (χ0v) is 27.0. The predicted molar refractivity (Wildman–Crippen MR) is 169 cm³/mol. The molecule has 0 saturated carbocycles. The lowest BCUT2D eigenvalue weighted by Gasteiger charge is -2.37. The third-order valence-electron chi connectivity index (χ3n) is 9.09. The van der Waals surface area contributed by atoms with E-state index in [4.69, 9.17) is 34.5 Å². The van der Waals surface area contributed by atoms with Crippen LogP contribution in [0.3, 0.4) is 0 Å². The number of piperazine rings is 1. The topological polar surface area (TPSA) is 144 Å². The lowest BCUT2D eigenvalue weighted by molar-refractivity contribution is -0.193. The maximum Gasteiger partial charge on any atom is 0.490 e. The Hall–Kier alpha value is -4.45. The molecule has 0 aliphatic carbocycles. The largest absolute Gasteiger partial charge is 0.490 e. The van der Waals surface area contributed by atoms with E-state index in [1.807, 2.05) is 12.4 Å². The van der Waals surface area contributed by atoms with Crippen molar-refractivity contribution in [1.29, 1.82) is 0 Å². The number of halogens is 6. The molecule has 3 N–H and O–H groups in total. The highest BCUT2D eigenvalue weighted by atomic mass is 19.4. The number of hydrogen-bond acceptors (Lipinski definition) is 10. The van der Waals surface area contributed by atoms with E-state index < -0.39 is 24.3 Å². The lowest BCUT2D eigenvalue weighted by Crippen LogP contribution is -2.52. The van der Waals surface area contributed by atoms with Crippen molar-refractivity contribution in [3.05, 3.63) is 47.9 Å². The summed E-state index contributed by atoms with van der Waals surface area (Å²) in [6.45, 7) is 5.51.